The predicted molar refractivity (Wildman–Crippen MR) is 95.1 cm³/mol. The Hall–Kier alpha value is -0.830. The number of hydrogen-bond acceptors (Lipinski definition) is 2. The molecule has 4 atom stereocenters. The number of benzene rings is 1. The van der Waals surface area contributed by atoms with Gasteiger partial charge in [0.25, 0.3) is 0 Å². The first-order valence-corrected chi connectivity index (χ1v) is 8.63. The SMILES string of the molecule is C=Cc1cc(Cl)ccc1CNC1CC(C)CC(CC)C1OC. The molecule has 0 saturated heterocycles. The van der Waals surface area contributed by atoms with E-state index in [1.165, 1.54) is 24.8 Å². The Labute approximate surface area is 139 Å². The monoisotopic (exact) mass is 321 g/mol. The molecule has 4 unspecified atom stereocenters. The minimum atomic E-state index is 0.306. The lowest BCUT2D eigenvalue weighted by molar-refractivity contribution is -0.0174. The summed E-state index contributed by atoms with van der Waals surface area (Å²) < 4.78 is 5.82. The summed E-state index contributed by atoms with van der Waals surface area (Å²) in [7, 11) is 1.84. The minimum Gasteiger partial charge on any atom is -0.380 e. The number of methoxy groups -OCH3 is 1. The van der Waals surface area contributed by atoms with E-state index < -0.39 is 0 Å². The molecule has 1 fully saturated rings. The second-order valence-electron chi connectivity index (χ2n) is 6.48. The second-order valence-corrected chi connectivity index (χ2v) is 6.92. The Bertz CT molecular complexity index is 502. The molecular weight excluding hydrogens is 294 g/mol. The Balaban J connectivity index is 2.07. The first-order valence-electron chi connectivity index (χ1n) is 8.26. The highest BCUT2D eigenvalue weighted by Crippen LogP contribution is 2.33. The highest BCUT2D eigenvalue weighted by Gasteiger charge is 2.35. The average Bonchev–Trinajstić information content (AvgIpc) is 2.52. The fraction of sp³-hybridized carbons (Fsp3) is 0.579. The van der Waals surface area contributed by atoms with Crippen molar-refractivity contribution >= 4 is 17.7 Å². The summed E-state index contributed by atoms with van der Waals surface area (Å²) in [6.45, 7) is 9.32. The average molecular weight is 322 g/mol. The Morgan fingerprint density at radius 1 is 1.41 bits per heavy atom. The lowest BCUT2D eigenvalue weighted by atomic mass is 9.76. The lowest BCUT2D eigenvalue weighted by Gasteiger charge is -2.40. The maximum absolute atomic E-state index is 6.06. The van der Waals surface area contributed by atoms with E-state index in [4.69, 9.17) is 16.3 Å². The van der Waals surface area contributed by atoms with E-state index in [-0.39, 0.29) is 0 Å². The normalized spacial score (nSPS) is 28.5. The molecule has 0 spiro atoms. The molecule has 0 heterocycles. The van der Waals surface area contributed by atoms with Crippen LogP contribution in [0.3, 0.4) is 0 Å². The molecule has 1 aromatic carbocycles. The van der Waals surface area contributed by atoms with Crippen LogP contribution < -0.4 is 5.32 Å². The van der Waals surface area contributed by atoms with E-state index in [1.807, 2.05) is 25.3 Å². The van der Waals surface area contributed by atoms with Crippen LogP contribution in [0.25, 0.3) is 6.08 Å². The maximum Gasteiger partial charge on any atom is 0.0752 e. The van der Waals surface area contributed by atoms with Crippen LogP contribution >= 0.6 is 11.6 Å². The number of nitrogens with one attached hydrogen (secondary N) is 1. The van der Waals surface area contributed by atoms with E-state index in [1.54, 1.807) is 0 Å². The molecule has 1 saturated carbocycles. The second kappa shape index (κ2) is 8.14. The van der Waals surface area contributed by atoms with Crippen molar-refractivity contribution < 1.29 is 4.74 Å². The molecule has 0 amide bonds. The smallest absolute Gasteiger partial charge is 0.0752 e. The third-order valence-electron chi connectivity index (χ3n) is 4.90. The van der Waals surface area contributed by atoms with Crippen LogP contribution in [0.5, 0.6) is 0 Å². The van der Waals surface area contributed by atoms with Gasteiger partial charge in [0, 0.05) is 24.7 Å². The molecule has 2 rings (SSSR count). The molecule has 0 radical (unpaired) electrons. The summed E-state index contributed by atoms with van der Waals surface area (Å²) in [5.41, 5.74) is 2.34. The van der Waals surface area contributed by atoms with Gasteiger partial charge in [-0.3, -0.25) is 0 Å². The number of hydrogen-bond donors (Lipinski definition) is 1. The molecular formula is C19H28ClNO. The van der Waals surface area contributed by atoms with Gasteiger partial charge in [-0.15, -0.1) is 0 Å². The zero-order valence-electron chi connectivity index (χ0n) is 13.9. The zero-order valence-corrected chi connectivity index (χ0v) is 14.7. The van der Waals surface area contributed by atoms with Crippen molar-refractivity contribution in [2.24, 2.45) is 11.8 Å². The summed E-state index contributed by atoms with van der Waals surface area (Å²) in [5.74, 6) is 1.40. The van der Waals surface area contributed by atoms with Gasteiger partial charge in [0.1, 0.15) is 0 Å². The van der Waals surface area contributed by atoms with Crippen LogP contribution in [0.4, 0.5) is 0 Å². The van der Waals surface area contributed by atoms with Crippen LogP contribution in [0.15, 0.2) is 24.8 Å². The molecule has 122 valence electrons. The molecule has 3 heteroatoms. The van der Waals surface area contributed by atoms with Gasteiger partial charge in [-0.1, -0.05) is 50.6 Å². The Kier molecular flexibility index (Phi) is 6.49. The van der Waals surface area contributed by atoms with E-state index >= 15 is 0 Å². The van der Waals surface area contributed by atoms with E-state index in [2.05, 4.69) is 31.8 Å². The number of halogens is 1. The molecule has 1 aliphatic rings. The van der Waals surface area contributed by atoms with E-state index in [0.29, 0.717) is 18.1 Å². The summed E-state index contributed by atoms with van der Waals surface area (Å²) in [6.07, 6.45) is 5.80. The highest BCUT2D eigenvalue weighted by atomic mass is 35.5. The van der Waals surface area contributed by atoms with Crippen LogP contribution in [0, 0.1) is 11.8 Å². The lowest BCUT2D eigenvalue weighted by Crippen LogP contribution is -2.49. The van der Waals surface area contributed by atoms with Crippen molar-refractivity contribution in [1.82, 2.24) is 5.32 Å². The van der Waals surface area contributed by atoms with E-state index in [0.717, 1.165) is 23.0 Å². The Morgan fingerprint density at radius 3 is 2.82 bits per heavy atom. The highest BCUT2D eigenvalue weighted by molar-refractivity contribution is 6.30. The van der Waals surface area contributed by atoms with Crippen LogP contribution in [0.2, 0.25) is 5.02 Å². The van der Waals surface area contributed by atoms with Crippen molar-refractivity contribution in [1.29, 1.82) is 0 Å². The van der Waals surface area contributed by atoms with Gasteiger partial charge in [-0.05, 0) is 47.9 Å². The van der Waals surface area contributed by atoms with E-state index in [9.17, 15) is 0 Å². The topological polar surface area (TPSA) is 21.3 Å². The molecule has 0 bridgehead atoms. The summed E-state index contributed by atoms with van der Waals surface area (Å²) in [5, 5.41) is 4.47. The summed E-state index contributed by atoms with van der Waals surface area (Å²) in [6, 6.07) is 6.40. The fourth-order valence-corrected chi connectivity index (χ4v) is 3.94. The van der Waals surface area contributed by atoms with Gasteiger partial charge < -0.3 is 10.1 Å². The Morgan fingerprint density at radius 2 is 2.18 bits per heavy atom. The molecule has 2 nitrogen and oxygen atoms in total. The zero-order chi connectivity index (χ0) is 16.1. The van der Waals surface area contributed by atoms with Crippen molar-refractivity contribution in [3.63, 3.8) is 0 Å². The van der Waals surface area contributed by atoms with Crippen LogP contribution in [-0.2, 0) is 11.3 Å². The van der Waals surface area contributed by atoms with Crippen molar-refractivity contribution in [2.45, 2.75) is 51.8 Å². The first-order chi connectivity index (χ1) is 10.6. The molecule has 0 aromatic heterocycles. The third-order valence-corrected chi connectivity index (χ3v) is 5.14. The maximum atomic E-state index is 6.06. The van der Waals surface area contributed by atoms with Gasteiger partial charge in [-0.25, -0.2) is 0 Å². The number of rotatable bonds is 6. The fourth-order valence-electron chi connectivity index (χ4n) is 3.76. The molecule has 0 aliphatic heterocycles. The van der Waals surface area contributed by atoms with Gasteiger partial charge in [0.2, 0.25) is 0 Å². The van der Waals surface area contributed by atoms with Gasteiger partial charge in [0.05, 0.1) is 6.10 Å². The molecule has 1 N–H and O–H groups in total. The minimum absolute atomic E-state index is 0.306. The van der Waals surface area contributed by atoms with Crippen LogP contribution in [-0.4, -0.2) is 19.3 Å². The molecule has 22 heavy (non-hydrogen) atoms. The number of ether oxygens (including phenoxy) is 1. The van der Waals surface area contributed by atoms with Crippen LogP contribution in [0.1, 0.15) is 44.2 Å². The predicted octanol–water partition coefficient (Wildman–Crippen LogP) is 4.91. The van der Waals surface area contributed by atoms with Gasteiger partial charge in [0.15, 0.2) is 0 Å². The van der Waals surface area contributed by atoms with Crippen molar-refractivity contribution in [3.05, 3.63) is 40.9 Å². The van der Waals surface area contributed by atoms with Gasteiger partial charge >= 0.3 is 0 Å². The van der Waals surface area contributed by atoms with Crippen molar-refractivity contribution in [2.75, 3.05) is 7.11 Å². The standard InChI is InChI=1S/C19H28ClNO/c1-5-14-11-17(20)8-7-16(14)12-21-18-10-13(3)9-15(6-2)19(18)22-4/h5,7-8,11,13,15,18-19,21H,1,6,9-10,12H2,2-4H3. The quantitative estimate of drug-likeness (QED) is 0.803. The molecule has 1 aliphatic carbocycles. The van der Waals surface area contributed by atoms with Crippen molar-refractivity contribution in [3.8, 4) is 0 Å². The summed E-state index contributed by atoms with van der Waals surface area (Å²) >= 11 is 6.06. The third kappa shape index (κ3) is 4.13. The first kappa shape index (κ1) is 17.5. The summed E-state index contributed by atoms with van der Waals surface area (Å²) in [4.78, 5) is 0. The van der Waals surface area contributed by atoms with Gasteiger partial charge in [-0.2, -0.15) is 0 Å². The molecule has 1 aromatic rings. The largest absolute Gasteiger partial charge is 0.380 e.